The highest BCUT2D eigenvalue weighted by molar-refractivity contribution is 7.26. The lowest BCUT2D eigenvalue weighted by atomic mass is 9.93. The summed E-state index contributed by atoms with van der Waals surface area (Å²) in [6.45, 7) is 0. The zero-order chi connectivity index (χ0) is 45.4. The highest BCUT2D eigenvalue weighted by Crippen LogP contribution is 2.52. The van der Waals surface area contributed by atoms with Gasteiger partial charge in [0, 0.05) is 37.2 Å². The molecule has 69 heavy (non-hydrogen) atoms. The van der Waals surface area contributed by atoms with Gasteiger partial charge >= 0.3 is 0 Å². The van der Waals surface area contributed by atoms with E-state index < -0.39 is 0 Å². The van der Waals surface area contributed by atoms with Crippen molar-refractivity contribution in [2.45, 2.75) is 0 Å². The van der Waals surface area contributed by atoms with Gasteiger partial charge in [-0.2, -0.15) is 0 Å². The van der Waals surface area contributed by atoms with Crippen LogP contribution in [0, 0.1) is 0 Å². The molecule has 2 aromatic heterocycles. The van der Waals surface area contributed by atoms with E-state index in [0.717, 1.165) is 28.3 Å². The van der Waals surface area contributed by atoms with Crippen LogP contribution in [0.15, 0.2) is 255 Å². The number of para-hydroxylation sites is 1. The Labute approximate surface area is 403 Å². The van der Waals surface area contributed by atoms with Gasteiger partial charge in [0.2, 0.25) is 0 Å². The van der Waals surface area contributed by atoms with Gasteiger partial charge in [-0.1, -0.05) is 212 Å². The van der Waals surface area contributed by atoms with Crippen LogP contribution in [0.4, 0.5) is 17.1 Å². The van der Waals surface area contributed by atoms with E-state index in [1.54, 1.807) is 0 Å². The molecule has 322 valence electrons. The molecular formula is C66H42N2S. The smallest absolute Gasteiger partial charge is 0.0640 e. The molecule has 0 aliphatic carbocycles. The Bertz CT molecular complexity index is 4300. The molecule has 0 aliphatic heterocycles. The number of rotatable bonds is 7. The van der Waals surface area contributed by atoms with Gasteiger partial charge in [-0.3, -0.25) is 0 Å². The monoisotopic (exact) mass is 894 g/mol. The maximum atomic E-state index is 2.59. The van der Waals surface area contributed by atoms with Gasteiger partial charge in [0.1, 0.15) is 0 Å². The summed E-state index contributed by atoms with van der Waals surface area (Å²) >= 11 is 1.89. The predicted molar refractivity (Wildman–Crippen MR) is 297 cm³/mol. The quantitative estimate of drug-likeness (QED) is 0.155. The van der Waals surface area contributed by atoms with Crippen molar-refractivity contribution in [3.05, 3.63) is 255 Å². The van der Waals surface area contributed by atoms with Crippen LogP contribution in [0.3, 0.4) is 0 Å². The highest BCUT2D eigenvalue weighted by Gasteiger charge is 2.27. The second-order valence-electron chi connectivity index (χ2n) is 17.9. The third-order valence-electron chi connectivity index (χ3n) is 14.2. The maximum Gasteiger partial charge on any atom is 0.0640 e. The first-order valence-electron chi connectivity index (χ1n) is 23.7. The zero-order valence-corrected chi connectivity index (χ0v) is 38.4. The minimum atomic E-state index is 1.12. The molecule has 0 fully saturated rings. The molecule has 14 rings (SSSR count). The second kappa shape index (κ2) is 16.0. The van der Waals surface area contributed by atoms with Crippen molar-refractivity contribution in [2.75, 3.05) is 4.90 Å². The van der Waals surface area contributed by atoms with Crippen LogP contribution in [0.25, 0.3) is 113 Å². The van der Waals surface area contributed by atoms with Gasteiger partial charge in [-0.25, -0.2) is 0 Å². The average Bonchev–Trinajstić information content (AvgIpc) is 3.98. The number of aromatic nitrogens is 1. The molecule has 0 N–H and O–H groups in total. The van der Waals surface area contributed by atoms with Crippen molar-refractivity contribution in [1.82, 2.24) is 4.57 Å². The van der Waals surface area contributed by atoms with Crippen molar-refractivity contribution in [3.63, 3.8) is 0 Å². The van der Waals surface area contributed by atoms with Crippen molar-refractivity contribution in [1.29, 1.82) is 0 Å². The standard InChI is InChI=1S/C66H42N2S/c1-3-17-43(18-4-1)44-33-35-48(36-34-44)63-50-23-9-7-21-46(50)37-40-60(63)68(61-32-15-28-55-64-51-24-10-8-22-47(51)38-42-62(64)69-66(55)61)59-31-16-30-58-65(59)54-27-13-14-29-56(54)67(58)57-41-39-49(45-19-5-2-6-20-45)52-25-11-12-26-53(52)57/h1-42H. The molecular weight excluding hydrogens is 853 g/mol. The van der Waals surface area contributed by atoms with Gasteiger partial charge in [0.05, 0.1) is 38.5 Å². The van der Waals surface area contributed by atoms with Crippen LogP contribution < -0.4 is 4.90 Å². The molecule has 12 aromatic carbocycles. The molecule has 0 saturated carbocycles. The van der Waals surface area contributed by atoms with Gasteiger partial charge in [-0.05, 0) is 97.2 Å². The van der Waals surface area contributed by atoms with Gasteiger partial charge in [0.15, 0.2) is 0 Å². The number of anilines is 3. The summed E-state index contributed by atoms with van der Waals surface area (Å²) < 4.78 is 5.04. The fourth-order valence-corrected chi connectivity index (χ4v) is 12.3. The Morgan fingerprint density at radius 3 is 1.67 bits per heavy atom. The fourth-order valence-electron chi connectivity index (χ4n) is 11.1. The van der Waals surface area contributed by atoms with E-state index in [9.17, 15) is 0 Å². The minimum absolute atomic E-state index is 1.12. The van der Waals surface area contributed by atoms with E-state index in [4.69, 9.17) is 0 Å². The Kier molecular flexibility index (Phi) is 9.11. The molecule has 2 heterocycles. The van der Waals surface area contributed by atoms with Crippen LogP contribution in [0.5, 0.6) is 0 Å². The summed E-state index contributed by atoms with van der Waals surface area (Å²) in [7, 11) is 0. The number of hydrogen-bond acceptors (Lipinski definition) is 2. The average molecular weight is 895 g/mol. The molecule has 0 bridgehead atoms. The molecule has 0 amide bonds. The number of benzene rings is 12. The highest BCUT2D eigenvalue weighted by atomic mass is 32.1. The lowest BCUT2D eigenvalue weighted by molar-refractivity contribution is 1.20. The van der Waals surface area contributed by atoms with Crippen molar-refractivity contribution in [2.24, 2.45) is 0 Å². The lowest BCUT2D eigenvalue weighted by Crippen LogP contribution is -2.12. The number of hydrogen-bond donors (Lipinski definition) is 0. The second-order valence-corrected chi connectivity index (χ2v) is 19.0. The molecule has 0 radical (unpaired) electrons. The predicted octanol–water partition coefficient (Wildman–Crippen LogP) is 19.1. The lowest BCUT2D eigenvalue weighted by Gasteiger charge is -2.30. The van der Waals surface area contributed by atoms with Crippen molar-refractivity contribution in [3.8, 4) is 39.1 Å². The first-order chi connectivity index (χ1) is 34.3. The van der Waals surface area contributed by atoms with Crippen LogP contribution >= 0.6 is 11.3 Å². The van der Waals surface area contributed by atoms with E-state index in [0.29, 0.717) is 0 Å². The molecule has 0 spiro atoms. The molecule has 14 aromatic rings. The summed E-state index contributed by atoms with van der Waals surface area (Å²) in [6, 6.07) is 93.9. The summed E-state index contributed by atoms with van der Waals surface area (Å²) in [5.41, 5.74) is 14.1. The van der Waals surface area contributed by atoms with Gasteiger partial charge in [0.25, 0.3) is 0 Å². The van der Waals surface area contributed by atoms with E-state index in [2.05, 4.69) is 264 Å². The Hall–Kier alpha value is -8.76. The van der Waals surface area contributed by atoms with E-state index in [1.165, 1.54) is 102 Å². The zero-order valence-electron chi connectivity index (χ0n) is 37.6. The molecule has 2 nitrogen and oxygen atoms in total. The van der Waals surface area contributed by atoms with Crippen LogP contribution in [-0.2, 0) is 0 Å². The fraction of sp³-hybridized carbons (Fsp3) is 0. The SMILES string of the molecule is c1ccc(-c2ccc(-c3c(N(c4cccc5c4sc4ccc6ccccc6c45)c4cccc5c4c4ccccc4n5-c4ccc(-c5ccccc5)c5ccccc45)ccc4ccccc34)cc2)cc1. The summed E-state index contributed by atoms with van der Waals surface area (Å²) in [5, 5.41) is 12.4. The van der Waals surface area contributed by atoms with E-state index in [-0.39, 0.29) is 0 Å². The number of nitrogens with zero attached hydrogens (tertiary/aromatic N) is 2. The largest absolute Gasteiger partial charge is 0.309 e. The summed E-state index contributed by atoms with van der Waals surface area (Å²) in [5.74, 6) is 0. The normalized spacial score (nSPS) is 11.8. The Morgan fingerprint density at radius 2 is 0.870 bits per heavy atom. The Morgan fingerprint density at radius 1 is 0.304 bits per heavy atom. The summed E-state index contributed by atoms with van der Waals surface area (Å²) in [4.78, 5) is 2.59. The number of thiophene rings is 1. The van der Waals surface area contributed by atoms with E-state index >= 15 is 0 Å². The van der Waals surface area contributed by atoms with Crippen molar-refractivity contribution < 1.29 is 0 Å². The van der Waals surface area contributed by atoms with Crippen molar-refractivity contribution >= 4 is 103 Å². The first kappa shape index (κ1) is 39.4. The van der Waals surface area contributed by atoms with Gasteiger partial charge < -0.3 is 9.47 Å². The molecule has 0 unspecified atom stereocenters. The van der Waals surface area contributed by atoms with Gasteiger partial charge in [-0.15, -0.1) is 11.3 Å². The first-order valence-corrected chi connectivity index (χ1v) is 24.5. The van der Waals surface area contributed by atoms with E-state index in [1.807, 2.05) is 11.3 Å². The molecule has 0 atom stereocenters. The molecule has 0 saturated heterocycles. The van der Waals surface area contributed by atoms with Crippen LogP contribution in [-0.4, -0.2) is 4.57 Å². The van der Waals surface area contributed by atoms with Crippen LogP contribution in [0.1, 0.15) is 0 Å². The molecule has 3 heteroatoms. The minimum Gasteiger partial charge on any atom is -0.309 e. The topological polar surface area (TPSA) is 8.17 Å². The third-order valence-corrected chi connectivity index (χ3v) is 15.4. The number of fused-ring (bicyclic) bond motifs is 10. The maximum absolute atomic E-state index is 2.59. The molecule has 0 aliphatic rings. The van der Waals surface area contributed by atoms with Crippen LogP contribution in [0.2, 0.25) is 0 Å². The summed E-state index contributed by atoms with van der Waals surface area (Å²) in [6.07, 6.45) is 0. The third kappa shape index (κ3) is 6.25. The Balaban J connectivity index is 1.09.